The summed E-state index contributed by atoms with van der Waals surface area (Å²) in [4.78, 5) is 13.4. The average molecular weight is 1350 g/mol. The summed E-state index contributed by atoms with van der Waals surface area (Å²) in [6.07, 6.45) is 47.2. The first-order chi connectivity index (χ1) is 46.3. The molecule has 0 spiro atoms. The van der Waals surface area contributed by atoms with E-state index in [1.165, 1.54) is 154 Å². The van der Waals surface area contributed by atoms with E-state index in [0.29, 0.717) is 12.8 Å². The van der Waals surface area contributed by atoms with Gasteiger partial charge in [-0.3, -0.25) is 4.79 Å². The Bertz CT molecular complexity index is 2050. The van der Waals surface area contributed by atoms with E-state index in [0.717, 1.165) is 70.6 Å². The molecule has 3 rings (SSSR count). The Balaban J connectivity index is 1.37. The molecule has 3 aliphatic heterocycles. The standard InChI is InChI=1S/C76H133NO18/c1-3-5-7-9-11-13-15-17-19-21-22-23-24-25-26-27-28-29-30-31-32-33-34-35-36-38-40-42-44-46-48-50-52-54-64(82)77-59(60(81)53-51-49-47-45-43-41-39-37-20-18-16-14-12-10-8-6-4-2)58-90-74-70(88)67(85)72(62(56-79)92-74)95-76-71(89)68(86)73(63(57-80)93-76)94-75-69(87)66(84)65(83)61(55-78)91-75/h5,7,11,13,17,19-20,22-23,37,43,45,51,53,59-63,65-76,78-81,83-89H,3-4,6,8-10,12,14-16,18,21,24-36,38-42,44,46-50,52,54-58H2,1-2H3,(H,77,82)/b7-5-,13-11-,19-17-,23-22-,37-20+,45-43+,53-51+. The molecule has 0 bridgehead atoms. The van der Waals surface area contributed by atoms with Crippen molar-refractivity contribution < 1.29 is 89.4 Å². The summed E-state index contributed by atoms with van der Waals surface area (Å²) in [6, 6.07) is -0.999. The molecule has 3 saturated heterocycles. The fourth-order valence-corrected chi connectivity index (χ4v) is 12.2. The van der Waals surface area contributed by atoms with E-state index >= 15 is 0 Å². The first-order valence-electron chi connectivity index (χ1n) is 37.3. The van der Waals surface area contributed by atoms with E-state index in [1.54, 1.807) is 6.08 Å². The summed E-state index contributed by atoms with van der Waals surface area (Å²) in [5.74, 6) is -0.289. The van der Waals surface area contributed by atoms with E-state index in [9.17, 15) is 61.0 Å². The summed E-state index contributed by atoms with van der Waals surface area (Å²) >= 11 is 0. The molecule has 12 N–H and O–H groups in total. The topological polar surface area (TPSA) is 307 Å². The summed E-state index contributed by atoms with van der Waals surface area (Å²) in [7, 11) is 0. The quantitative estimate of drug-likeness (QED) is 0.0199. The van der Waals surface area contributed by atoms with Crippen LogP contribution in [0.4, 0.5) is 0 Å². The van der Waals surface area contributed by atoms with Crippen molar-refractivity contribution in [2.24, 2.45) is 0 Å². The van der Waals surface area contributed by atoms with E-state index in [4.69, 9.17) is 28.4 Å². The van der Waals surface area contributed by atoms with Crippen molar-refractivity contribution in [3.8, 4) is 0 Å². The number of aliphatic hydroxyl groups is 11. The van der Waals surface area contributed by atoms with Gasteiger partial charge in [-0.15, -0.1) is 0 Å². The van der Waals surface area contributed by atoms with Crippen LogP contribution in [0.25, 0.3) is 0 Å². The van der Waals surface area contributed by atoms with Gasteiger partial charge in [0, 0.05) is 6.42 Å². The molecule has 19 nitrogen and oxygen atoms in total. The molecular weight excluding hydrogens is 1210 g/mol. The summed E-state index contributed by atoms with van der Waals surface area (Å²) in [6.45, 7) is 1.59. The molecule has 0 aromatic rings. The molecule has 3 fully saturated rings. The molecular formula is C76H133NO18. The summed E-state index contributed by atoms with van der Waals surface area (Å²) < 4.78 is 34.3. The van der Waals surface area contributed by atoms with Crippen molar-refractivity contribution >= 4 is 5.91 Å². The summed E-state index contributed by atoms with van der Waals surface area (Å²) in [5, 5.41) is 121. The highest BCUT2D eigenvalue weighted by atomic mass is 16.8. The Labute approximate surface area is 571 Å². The van der Waals surface area contributed by atoms with Gasteiger partial charge in [-0.1, -0.05) is 253 Å². The molecule has 0 aromatic carbocycles. The van der Waals surface area contributed by atoms with Crippen LogP contribution in [0.2, 0.25) is 0 Å². The maximum Gasteiger partial charge on any atom is 0.220 e. The fraction of sp³-hybridized carbons (Fsp3) is 0.803. The number of ether oxygens (including phenoxy) is 6. The van der Waals surface area contributed by atoms with Gasteiger partial charge >= 0.3 is 0 Å². The van der Waals surface area contributed by atoms with Crippen molar-refractivity contribution in [1.82, 2.24) is 5.32 Å². The normalized spacial score (nSPS) is 27.7. The number of hydrogen-bond acceptors (Lipinski definition) is 18. The zero-order valence-electron chi connectivity index (χ0n) is 58.4. The molecule has 3 aliphatic rings. The molecule has 17 unspecified atom stereocenters. The number of hydrogen-bond donors (Lipinski definition) is 12. The Morgan fingerprint density at radius 3 is 1.18 bits per heavy atom. The highest BCUT2D eigenvalue weighted by Crippen LogP contribution is 2.33. The van der Waals surface area contributed by atoms with Crippen molar-refractivity contribution in [2.45, 2.75) is 362 Å². The lowest BCUT2D eigenvalue weighted by molar-refractivity contribution is -0.379. The minimum Gasteiger partial charge on any atom is -0.394 e. The van der Waals surface area contributed by atoms with Crippen LogP contribution in [0, 0.1) is 0 Å². The molecule has 550 valence electrons. The molecule has 0 aromatic heterocycles. The highest BCUT2D eigenvalue weighted by molar-refractivity contribution is 5.76. The van der Waals surface area contributed by atoms with Gasteiger partial charge in [0.1, 0.15) is 73.2 Å². The van der Waals surface area contributed by atoms with Crippen molar-refractivity contribution in [3.05, 3.63) is 85.1 Å². The average Bonchev–Trinajstić information content (AvgIpc) is 0.786. The van der Waals surface area contributed by atoms with Crippen molar-refractivity contribution in [3.63, 3.8) is 0 Å². The van der Waals surface area contributed by atoms with Crippen LogP contribution < -0.4 is 5.32 Å². The van der Waals surface area contributed by atoms with Crippen molar-refractivity contribution in [2.75, 3.05) is 26.4 Å². The lowest BCUT2D eigenvalue weighted by Gasteiger charge is -2.48. The number of nitrogens with one attached hydrogen (secondary N) is 1. The van der Waals surface area contributed by atoms with Crippen molar-refractivity contribution in [1.29, 1.82) is 0 Å². The second kappa shape index (κ2) is 56.7. The van der Waals surface area contributed by atoms with Crippen LogP contribution in [0.15, 0.2) is 85.1 Å². The Kier molecular flexibility index (Phi) is 51.4. The third kappa shape index (κ3) is 37.8. The van der Waals surface area contributed by atoms with Gasteiger partial charge in [-0.25, -0.2) is 0 Å². The third-order valence-electron chi connectivity index (χ3n) is 18.2. The van der Waals surface area contributed by atoms with E-state index in [1.807, 2.05) is 6.08 Å². The number of rotatable bonds is 57. The van der Waals surface area contributed by atoms with Gasteiger partial charge in [0.25, 0.3) is 0 Å². The zero-order valence-corrected chi connectivity index (χ0v) is 58.4. The number of unbranched alkanes of at least 4 members (excludes halogenated alkanes) is 29. The van der Waals surface area contributed by atoms with Crippen LogP contribution in [-0.2, 0) is 33.2 Å². The Morgan fingerprint density at radius 1 is 0.389 bits per heavy atom. The van der Waals surface area contributed by atoms with Crippen LogP contribution in [0.3, 0.4) is 0 Å². The molecule has 0 saturated carbocycles. The first-order valence-corrected chi connectivity index (χ1v) is 37.3. The number of aliphatic hydroxyl groups excluding tert-OH is 11. The van der Waals surface area contributed by atoms with Gasteiger partial charge in [0.15, 0.2) is 18.9 Å². The lowest BCUT2D eigenvalue weighted by atomic mass is 9.96. The van der Waals surface area contributed by atoms with Gasteiger partial charge in [-0.2, -0.15) is 0 Å². The molecule has 17 atom stereocenters. The second-order valence-corrected chi connectivity index (χ2v) is 26.4. The molecule has 3 heterocycles. The smallest absolute Gasteiger partial charge is 0.220 e. The predicted octanol–water partition coefficient (Wildman–Crippen LogP) is 11.1. The van der Waals surface area contributed by atoms with E-state index in [-0.39, 0.29) is 18.9 Å². The number of allylic oxidation sites excluding steroid dienone is 13. The first kappa shape index (κ1) is 86.2. The highest BCUT2D eigenvalue weighted by Gasteiger charge is 2.53. The molecule has 19 heteroatoms. The molecule has 95 heavy (non-hydrogen) atoms. The van der Waals surface area contributed by atoms with Gasteiger partial charge in [0.2, 0.25) is 5.91 Å². The third-order valence-corrected chi connectivity index (χ3v) is 18.2. The van der Waals surface area contributed by atoms with Crippen LogP contribution in [-0.4, -0.2) is 193 Å². The predicted molar refractivity (Wildman–Crippen MR) is 374 cm³/mol. The van der Waals surface area contributed by atoms with Crippen LogP contribution >= 0.6 is 0 Å². The second-order valence-electron chi connectivity index (χ2n) is 26.4. The van der Waals surface area contributed by atoms with E-state index < -0.39 is 124 Å². The minimum absolute atomic E-state index is 0.231. The number of carbonyl (C=O) groups is 1. The maximum absolute atomic E-state index is 13.4. The largest absolute Gasteiger partial charge is 0.394 e. The molecule has 0 radical (unpaired) electrons. The van der Waals surface area contributed by atoms with Gasteiger partial charge in [0.05, 0.1) is 38.6 Å². The maximum atomic E-state index is 13.4. The van der Waals surface area contributed by atoms with Crippen LogP contribution in [0.1, 0.15) is 258 Å². The Hall–Kier alpha value is -3.03. The monoisotopic (exact) mass is 1350 g/mol. The van der Waals surface area contributed by atoms with Gasteiger partial charge < -0.3 is 89.9 Å². The lowest BCUT2D eigenvalue weighted by Crippen LogP contribution is -2.66. The SMILES string of the molecule is CC/C=C\C/C=C\C/C=C\C/C=C\CCCCCCCCCCCCCCCCCCCCCCC(=O)NC(COC1OC(CO)C(OC2OC(CO)C(OC3OC(CO)C(O)C(O)C3O)C(O)C2O)C(O)C1O)C(O)/C=C/CC/C=C/CC/C=C/CCCCCCCCC. The van der Waals surface area contributed by atoms with Gasteiger partial charge in [-0.05, 0) is 83.5 Å². The van der Waals surface area contributed by atoms with Crippen LogP contribution in [0.5, 0.6) is 0 Å². The van der Waals surface area contributed by atoms with E-state index in [2.05, 4.69) is 92.1 Å². The fourth-order valence-electron chi connectivity index (χ4n) is 12.2. The molecule has 0 aliphatic carbocycles. The molecule has 1 amide bonds. The minimum atomic E-state index is -1.98. The Morgan fingerprint density at radius 2 is 0.737 bits per heavy atom. The summed E-state index contributed by atoms with van der Waals surface area (Å²) in [5.41, 5.74) is 0. The number of carbonyl (C=O) groups excluding carboxylic acids is 1. The number of amides is 1. The zero-order chi connectivity index (χ0) is 68.9.